The zero-order valence-electron chi connectivity index (χ0n) is 9.33. The third-order valence-electron chi connectivity index (χ3n) is 1.92. The maximum absolute atomic E-state index is 11.1. The molecule has 0 amide bonds. The molecule has 0 heterocycles. The first kappa shape index (κ1) is 13.5. The predicted octanol–water partition coefficient (Wildman–Crippen LogP) is 1.97. The number of benzene rings is 1. The Kier molecular flexibility index (Phi) is 4.49. The van der Waals surface area contributed by atoms with E-state index in [0.717, 1.165) is 0 Å². The fourth-order valence-corrected chi connectivity index (χ4v) is 1.65. The molecule has 0 aliphatic heterocycles. The molecule has 0 bridgehead atoms. The van der Waals surface area contributed by atoms with E-state index in [2.05, 4.69) is 5.32 Å². The van der Waals surface area contributed by atoms with E-state index in [-0.39, 0.29) is 11.9 Å². The summed E-state index contributed by atoms with van der Waals surface area (Å²) in [5, 5.41) is 11.6. The lowest BCUT2D eigenvalue weighted by atomic mass is 10.3. The second-order valence-electron chi connectivity index (χ2n) is 3.65. The second-order valence-corrected chi connectivity index (χ2v) is 6.11. The Balaban J connectivity index is 2.81. The summed E-state index contributed by atoms with van der Waals surface area (Å²) in [4.78, 5) is 20.0. The minimum Gasteiger partial charge on any atom is -0.477 e. The van der Waals surface area contributed by atoms with Crippen molar-refractivity contribution in [3.05, 3.63) is 42.1 Å². The van der Waals surface area contributed by atoms with Gasteiger partial charge in [-0.25, -0.2) is 4.79 Å². The van der Waals surface area contributed by atoms with Crippen molar-refractivity contribution in [1.82, 2.24) is 0 Å². The van der Waals surface area contributed by atoms with Crippen molar-refractivity contribution in [2.24, 2.45) is 0 Å². The van der Waals surface area contributed by atoms with Crippen LogP contribution in [-0.4, -0.2) is 28.8 Å². The van der Waals surface area contributed by atoms with Crippen LogP contribution in [0.3, 0.4) is 0 Å². The van der Waals surface area contributed by atoms with Gasteiger partial charge in [0.05, 0.1) is 0 Å². The molecule has 0 spiro atoms. The third-order valence-corrected chi connectivity index (χ3v) is 2.78. The lowest BCUT2D eigenvalue weighted by Gasteiger charge is -2.07. The summed E-state index contributed by atoms with van der Waals surface area (Å²) < 4.78 is 11.1. The van der Waals surface area contributed by atoms with E-state index in [1.54, 1.807) is 24.3 Å². The molecule has 0 saturated heterocycles. The van der Waals surface area contributed by atoms with Gasteiger partial charge in [0.15, 0.2) is 0 Å². The van der Waals surface area contributed by atoms with Crippen molar-refractivity contribution < 1.29 is 19.4 Å². The first-order chi connectivity index (χ1) is 7.88. The molecule has 0 aliphatic rings. The Hall–Kier alpha value is -1.58. The Labute approximate surface area is 99.2 Å². The average molecular weight is 255 g/mol. The maximum atomic E-state index is 11.1. The van der Waals surface area contributed by atoms with Gasteiger partial charge in [-0.1, -0.05) is 18.2 Å². The zero-order chi connectivity index (χ0) is 12.9. The van der Waals surface area contributed by atoms with Gasteiger partial charge in [0, 0.05) is 18.5 Å². The van der Waals surface area contributed by atoms with Crippen molar-refractivity contribution in [1.29, 1.82) is 0 Å². The molecular weight excluding hydrogens is 241 g/mol. The molecule has 0 aromatic heterocycles. The van der Waals surface area contributed by atoms with Crippen LogP contribution < -0.4 is 5.32 Å². The van der Waals surface area contributed by atoms with Gasteiger partial charge in [0.25, 0.3) is 0 Å². The molecule has 92 valence electrons. The minimum absolute atomic E-state index is 0.104. The lowest BCUT2D eigenvalue weighted by molar-refractivity contribution is -0.132. The van der Waals surface area contributed by atoms with Crippen molar-refractivity contribution in [3.63, 3.8) is 0 Å². The highest BCUT2D eigenvalue weighted by Gasteiger charge is 2.12. The SMILES string of the molecule is CP(=O)(O)C/C=C(\Nc1ccccc1)C(=O)O. The van der Waals surface area contributed by atoms with Crippen molar-refractivity contribution in [3.8, 4) is 0 Å². The van der Waals surface area contributed by atoms with Crippen LogP contribution in [0.5, 0.6) is 0 Å². The fourth-order valence-electron chi connectivity index (χ4n) is 1.13. The van der Waals surface area contributed by atoms with Gasteiger partial charge in [0.2, 0.25) is 7.37 Å². The normalized spacial score (nSPS) is 15.1. The van der Waals surface area contributed by atoms with Crippen LogP contribution in [-0.2, 0) is 9.36 Å². The molecule has 3 N–H and O–H groups in total. The fraction of sp³-hybridized carbons (Fsp3) is 0.182. The van der Waals surface area contributed by atoms with Crippen LogP contribution in [0.4, 0.5) is 5.69 Å². The Morgan fingerprint density at radius 1 is 1.41 bits per heavy atom. The van der Waals surface area contributed by atoms with Crippen molar-refractivity contribution >= 4 is 19.0 Å². The summed E-state index contributed by atoms with van der Waals surface area (Å²) in [6.07, 6.45) is 1.05. The molecule has 0 fully saturated rings. The number of hydrogen-bond acceptors (Lipinski definition) is 3. The minimum atomic E-state index is -3.24. The molecule has 1 rings (SSSR count). The van der Waals surface area contributed by atoms with E-state index in [1.807, 2.05) is 6.07 Å². The summed E-state index contributed by atoms with van der Waals surface area (Å²) in [7, 11) is -3.24. The first-order valence-corrected chi connectivity index (χ1v) is 7.22. The number of carboxylic acids is 1. The highest BCUT2D eigenvalue weighted by molar-refractivity contribution is 7.57. The van der Waals surface area contributed by atoms with Crippen LogP contribution >= 0.6 is 7.37 Å². The number of aliphatic carboxylic acids is 1. The molecule has 0 radical (unpaired) electrons. The van der Waals surface area contributed by atoms with Crippen molar-refractivity contribution in [2.75, 3.05) is 18.1 Å². The highest BCUT2D eigenvalue weighted by atomic mass is 31.2. The Morgan fingerprint density at radius 2 is 2.00 bits per heavy atom. The molecule has 0 saturated carbocycles. The van der Waals surface area contributed by atoms with E-state index >= 15 is 0 Å². The number of anilines is 1. The summed E-state index contributed by atoms with van der Waals surface area (Å²) >= 11 is 0. The van der Waals surface area contributed by atoms with Gasteiger partial charge >= 0.3 is 5.97 Å². The van der Waals surface area contributed by atoms with E-state index in [0.29, 0.717) is 5.69 Å². The molecule has 1 aromatic carbocycles. The number of carbonyl (C=O) groups is 1. The van der Waals surface area contributed by atoms with Gasteiger partial charge in [-0.2, -0.15) is 0 Å². The quantitative estimate of drug-likeness (QED) is 0.553. The van der Waals surface area contributed by atoms with Crippen LogP contribution in [0.15, 0.2) is 42.1 Å². The number of carboxylic acid groups (broad SMARTS) is 1. The van der Waals surface area contributed by atoms with E-state index in [4.69, 9.17) is 10.00 Å². The third kappa shape index (κ3) is 5.33. The summed E-state index contributed by atoms with van der Waals surface area (Å²) in [5.74, 6) is -1.16. The van der Waals surface area contributed by atoms with E-state index in [1.165, 1.54) is 12.7 Å². The van der Waals surface area contributed by atoms with Crippen LogP contribution in [0.25, 0.3) is 0 Å². The van der Waals surface area contributed by atoms with E-state index < -0.39 is 13.3 Å². The van der Waals surface area contributed by atoms with Gasteiger partial charge in [-0.3, -0.25) is 4.57 Å². The molecule has 5 nitrogen and oxygen atoms in total. The van der Waals surface area contributed by atoms with Crippen LogP contribution in [0.1, 0.15) is 0 Å². The van der Waals surface area contributed by atoms with E-state index in [9.17, 15) is 9.36 Å². The topological polar surface area (TPSA) is 86.6 Å². The monoisotopic (exact) mass is 255 g/mol. The molecule has 1 aromatic rings. The molecule has 0 aliphatic carbocycles. The van der Waals surface area contributed by atoms with Crippen LogP contribution in [0.2, 0.25) is 0 Å². The Morgan fingerprint density at radius 3 is 2.47 bits per heavy atom. The smallest absolute Gasteiger partial charge is 0.351 e. The largest absolute Gasteiger partial charge is 0.477 e. The molecule has 1 atom stereocenters. The number of nitrogens with one attached hydrogen (secondary N) is 1. The Bertz CT molecular complexity index is 464. The number of hydrogen-bond donors (Lipinski definition) is 3. The standard InChI is InChI=1S/C11H14NO4P/c1-17(15,16)8-7-10(11(13)14)12-9-5-3-2-4-6-9/h2-7,12H,8H2,1H3,(H,13,14)(H,15,16)/b10-7-. The molecule has 1 unspecified atom stereocenters. The average Bonchev–Trinajstić information content (AvgIpc) is 2.24. The van der Waals surface area contributed by atoms with Gasteiger partial charge in [-0.05, 0) is 18.2 Å². The second kappa shape index (κ2) is 5.66. The lowest BCUT2D eigenvalue weighted by Crippen LogP contribution is -2.11. The number of rotatable bonds is 5. The predicted molar refractivity (Wildman–Crippen MR) is 66.4 cm³/mol. The summed E-state index contributed by atoms with van der Waals surface area (Å²) in [5.41, 5.74) is 0.511. The summed E-state index contributed by atoms with van der Waals surface area (Å²) in [6.45, 7) is 1.19. The number of para-hydroxylation sites is 1. The van der Waals surface area contributed by atoms with Crippen molar-refractivity contribution in [2.45, 2.75) is 0 Å². The van der Waals surface area contributed by atoms with Gasteiger partial charge in [0.1, 0.15) is 5.70 Å². The maximum Gasteiger partial charge on any atom is 0.351 e. The summed E-state index contributed by atoms with van der Waals surface area (Å²) in [6, 6.07) is 8.75. The number of allylic oxidation sites excluding steroid dienone is 1. The molecule has 6 heteroatoms. The highest BCUT2D eigenvalue weighted by Crippen LogP contribution is 2.35. The van der Waals surface area contributed by atoms with Gasteiger partial charge in [-0.15, -0.1) is 0 Å². The first-order valence-electron chi connectivity index (χ1n) is 4.93. The molecule has 17 heavy (non-hydrogen) atoms. The zero-order valence-corrected chi connectivity index (χ0v) is 10.2. The van der Waals surface area contributed by atoms with Gasteiger partial charge < -0.3 is 15.3 Å². The molecular formula is C11H14NO4P. The van der Waals surface area contributed by atoms with Crippen LogP contribution in [0, 0.1) is 0 Å².